The van der Waals surface area contributed by atoms with Crippen molar-refractivity contribution in [1.29, 1.82) is 0 Å². The van der Waals surface area contributed by atoms with E-state index in [4.69, 9.17) is 0 Å². The van der Waals surface area contributed by atoms with Gasteiger partial charge in [0.1, 0.15) is 5.88 Å². The van der Waals surface area contributed by atoms with Crippen LogP contribution in [0.5, 0.6) is 0 Å². The summed E-state index contributed by atoms with van der Waals surface area (Å²) in [5.74, 6) is -2.09. The van der Waals surface area contributed by atoms with Gasteiger partial charge in [0.2, 0.25) is 5.82 Å². The van der Waals surface area contributed by atoms with Crippen LogP contribution in [-0.2, 0) is 16.4 Å². The highest BCUT2D eigenvalue weighted by Gasteiger charge is 2.26. The standard InChI is InChI=1S/C15H13FN2O6S/c16-13-7-6-12(8-14(13)18(21)22)25(23,24)10-17(15(19)20)9-11-4-2-1-3-5-11/h1-8H,9-10H2,(H,19,20). The molecule has 2 aromatic rings. The van der Waals surface area contributed by atoms with Crippen molar-refractivity contribution in [2.24, 2.45) is 0 Å². The maximum absolute atomic E-state index is 13.3. The summed E-state index contributed by atoms with van der Waals surface area (Å²) in [6.45, 7) is -0.182. The Morgan fingerprint density at radius 3 is 2.40 bits per heavy atom. The number of amides is 1. The molecule has 0 atom stereocenters. The molecule has 0 spiro atoms. The monoisotopic (exact) mass is 368 g/mol. The molecule has 0 radical (unpaired) electrons. The topological polar surface area (TPSA) is 118 Å². The zero-order chi connectivity index (χ0) is 18.6. The van der Waals surface area contributed by atoms with Gasteiger partial charge in [-0.25, -0.2) is 13.2 Å². The molecule has 0 saturated carbocycles. The molecule has 0 aliphatic heterocycles. The Balaban J connectivity index is 2.30. The summed E-state index contributed by atoms with van der Waals surface area (Å²) in [7, 11) is -4.22. The van der Waals surface area contributed by atoms with E-state index in [0.29, 0.717) is 22.6 Å². The van der Waals surface area contributed by atoms with Crippen LogP contribution in [0.25, 0.3) is 0 Å². The number of nitrogens with zero attached hydrogens (tertiary/aromatic N) is 2. The molecule has 0 aliphatic rings. The number of rotatable bonds is 6. The SMILES string of the molecule is O=C(O)N(Cc1ccccc1)CS(=O)(=O)c1ccc(F)c([N+](=O)[O-])c1. The van der Waals surface area contributed by atoms with Crippen molar-refractivity contribution in [2.75, 3.05) is 5.88 Å². The summed E-state index contributed by atoms with van der Waals surface area (Å²) in [5.41, 5.74) is -0.420. The molecule has 1 N–H and O–H groups in total. The van der Waals surface area contributed by atoms with Crippen molar-refractivity contribution in [3.05, 3.63) is 70.0 Å². The van der Waals surface area contributed by atoms with Crippen LogP contribution in [0.1, 0.15) is 5.56 Å². The highest BCUT2D eigenvalue weighted by atomic mass is 32.2. The second kappa shape index (κ2) is 7.26. The van der Waals surface area contributed by atoms with Gasteiger partial charge in [-0.15, -0.1) is 0 Å². The number of hydrogen-bond donors (Lipinski definition) is 1. The van der Waals surface area contributed by atoms with Gasteiger partial charge in [-0.3, -0.25) is 15.0 Å². The van der Waals surface area contributed by atoms with E-state index in [1.165, 1.54) is 0 Å². The molecule has 10 heteroatoms. The Morgan fingerprint density at radius 1 is 1.20 bits per heavy atom. The van der Waals surface area contributed by atoms with E-state index in [-0.39, 0.29) is 6.54 Å². The summed E-state index contributed by atoms with van der Waals surface area (Å²) < 4.78 is 38.1. The molecule has 25 heavy (non-hydrogen) atoms. The van der Waals surface area contributed by atoms with Gasteiger partial charge < -0.3 is 5.11 Å². The molecule has 0 unspecified atom stereocenters. The maximum atomic E-state index is 13.3. The van der Waals surface area contributed by atoms with Gasteiger partial charge in [0, 0.05) is 6.07 Å². The quantitative estimate of drug-likeness (QED) is 0.476. The summed E-state index contributed by atoms with van der Waals surface area (Å²) in [6, 6.07) is 10.4. The van der Waals surface area contributed by atoms with E-state index >= 15 is 0 Å². The zero-order valence-electron chi connectivity index (χ0n) is 12.7. The normalized spacial score (nSPS) is 11.1. The molecule has 0 bridgehead atoms. The van der Waals surface area contributed by atoms with E-state index in [2.05, 4.69) is 0 Å². The van der Waals surface area contributed by atoms with Gasteiger partial charge in [-0.2, -0.15) is 4.39 Å². The summed E-state index contributed by atoms with van der Waals surface area (Å²) in [4.78, 5) is 21.2. The van der Waals surface area contributed by atoms with Gasteiger partial charge in [-0.1, -0.05) is 30.3 Å². The van der Waals surface area contributed by atoms with Gasteiger partial charge in [-0.05, 0) is 17.7 Å². The van der Waals surface area contributed by atoms with Crippen molar-refractivity contribution in [2.45, 2.75) is 11.4 Å². The van der Waals surface area contributed by atoms with Gasteiger partial charge >= 0.3 is 11.8 Å². The van der Waals surface area contributed by atoms with Crippen LogP contribution >= 0.6 is 0 Å². The molecule has 0 fully saturated rings. The number of halogens is 1. The Labute approximate surface area is 142 Å². The van der Waals surface area contributed by atoms with Crippen molar-refractivity contribution < 1.29 is 27.6 Å². The van der Waals surface area contributed by atoms with E-state index in [9.17, 15) is 32.8 Å². The number of carboxylic acid groups (broad SMARTS) is 1. The van der Waals surface area contributed by atoms with Gasteiger partial charge in [0.05, 0.1) is 16.4 Å². The van der Waals surface area contributed by atoms with Crippen molar-refractivity contribution in [1.82, 2.24) is 4.90 Å². The lowest BCUT2D eigenvalue weighted by Gasteiger charge is -2.19. The van der Waals surface area contributed by atoms with Crippen LogP contribution in [-0.4, -0.2) is 35.3 Å². The molecule has 132 valence electrons. The number of nitro benzene ring substituents is 1. The predicted molar refractivity (Wildman–Crippen MR) is 85.1 cm³/mol. The van der Waals surface area contributed by atoms with Crippen LogP contribution in [0.4, 0.5) is 14.9 Å². The third-order valence-corrected chi connectivity index (χ3v) is 4.91. The molecule has 0 saturated heterocycles. The number of carbonyl (C=O) groups is 1. The van der Waals surface area contributed by atoms with Crippen LogP contribution in [0, 0.1) is 15.9 Å². The molecule has 0 aromatic heterocycles. The van der Waals surface area contributed by atoms with Gasteiger partial charge in [0.15, 0.2) is 9.84 Å². The number of sulfone groups is 1. The molecule has 8 nitrogen and oxygen atoms in total. The Bertz CT molecular complexity index is 901. The summed E-state index contributed by atoms with van der Waals surface area (Å²) in [5, 5.41) is 20.0. The molecular formula is C15H13FN2O6S. The highest BCUT2D eigenvalue weighted by Crippen LogP contribution is 2.23. The van der Waals surface area contributed by atoms with Crippen LogP contribution in [0.15, 0.2) is 53.4 Å². The fourth-order valence-corrected chi connectivity index (χ4v) is 3.41. The molecule has 0 aliphatic carbocycles. The third kappa shape index (κ3) is 4.51. The van der Waals surface area contributed by atoms with Crippen molar-refractivity contribution in [3.63, 3.8) is 0 Å². The lowest BCUT2D eigenvalue weighted by molar-refractivity contribution is -0.387. The molecule has 2 aromatic carbocycles. The third-order valence-electron chi connectivity index (χ3n) is 3.29. The summed E-state index contributed by atoms with van der Waals surface area (Å²) in [6.07, 6.45) is -1.47. The molecule has 1 amide bonds. The van der Waals surface area contributed by atoms with Gasteiger partial charge in [0.25, 0.3) is 0 Å². The van der Waals surface area contributed by atoms with Crippen LogP contribution < -0.4 is 0 Å². The smallest absolute Gasteiger partial charge is 0.408 e. The average molecular weight is 368 g/mol. The number of hydrogen-bond acceptors (Lipinski definition) is 5. The van der Waals surface area contributed by atoms with E-state index in [0.717, 1.165) is 6.07 Å². The minimum atomic E-state index is -4.22. The number of nitro groups is 1. The Hall–Kier alpha value is -3.01. The minimum Gasteiger partial charge on any atom is -0.465 e. The van der Waals surface area contributed by atoms with Crippen LogP contribution in [0.3, 0.4) is 0 Å². The van der Waals surface area contributed by atoms with E-state index in [1.54, 1.807) is 30.3 Å². The molecule has 2 rings (SSSR count). The lowest BCUT2D eigenvalue weighted by atomic mass is 10.2. The Kier molecular flexibility index (Phi) is 5.32. The largest absolute Gasteiger partial charge is 0.465 e. The van der Waals surface area contributed by atoms with Crippen LogP contribution in [0.2, 0.25) is 0 Å². The van der Waals surface area contributed by atoms with Crippen molar-refractivity contribution in [3.8, 4) is 0 Å². The van der Waals surface area contributed by atoms with E-state index in [1.807, 2.05) is 0 Å². The highest BCUT2D eigenvalue weighted by molar-refractivity contribution is 7.91. The second-order valence-corrected chi connectivity index (χ2v) is 7.04. The first-order chi connectivity index (χ1) is 11.7. The first-order valence-corrected chi connectivity index (χ1v) is 8.54. The van der Waals surface area contributed by atoms with E-state index < -0.39 is 43.1 Å². The second-order valence-electron chi connectivity index (χ2n) is 5.08. The molecule has 0 heterocycles. The molecular weight excluding hydrogens is 355 g/mol. The minimum absolute atomic E-state index is 0.182. The Morgan fingerprint density at radius 2 is 1.84 bits per heavy atom. The average Bonchev–Trinajstić information content (AvgIpc) is 2.54. The number of benzene rings is 2. The lowest BCUT2D eigenvalue weighted by Crippen LogP contribution is -2.34. The zero-order valence-corrected chi connectivity index (χ0v) is 13.5. The fraction of sp³-hybridized carbons (Fsp3) is 0.133. The first kappa shape index (κ1) is 18.3. The maximum Gasteiger partial charge on any atom is 0.408 e. The predicted octanol–water partition coefficient (Wildman–Crippen LogP) is 2.65. The first-order valence-electron chi connectivity index (χ1n) is 6.89. The summed E-state index contributed by atoms with van der Waals surface area (Å²) >= 11 is 0. The fourth-order valence-electron chi connectivity index (χ4n) is 2.08. The van der Waals surface area contributed by atoms with Crippen molar-refractivity contribution >= 4 is 21.6 Å².